The van der Waals surface area contributed by atoms with E-state index in [4.69, 9.17) is 0 Å². The van der Waals surface area contributed by atoms with Gasteiger partial charge in [0, 0.05) is 11.1 Å². The van der Waals surface area contributed by atoms with Crippen molar-refractivity contribution in [2.75, 3.05) is 0 Å². The van der Waals surface area contributed by atoms with Gasteiger partial charge in [-0.05, 0) is 27.2 Å². The molecule has 0 aliphatic rings. The van der Waals surface area contributed by atoms with Crippen LogP contribution in [0.5, 0.6) is 0 Å². The number of aromatic nitrogens is 1. The number of carbonyl (C=O) groups is 1. The predicted molar refractivity (Wildman–Crippen MR) is 64.3 cm³/mol. The van der Waals surface area contributed by atoms with E-state index in [9.17, 15) is 9.90 Å². The molecule has 1 aromatic heterocycles. The molecule has 0 fully saturated rings. The van der Waals surface area contributed by atoms with Crippen LogP contribution in [0.3, 0.4) is 0 Å². The highest BCUT2D eigenvalue weighted by Gasteiger charge is 2.30. The van der Waals surface area contributed by atoms with Gasteiger partial charge in [-0.2, -0.15) is 0 Å². The summed E-state index contributed by atoms with van der Waals surface area (Å²) in [5.74, 6) is -0.364. The summed E-state index contributed by atoms with van der Waals surface area (Å²) in [7, 11) is 0. The first kappa shape index (κ1) is 13.1. The highest BCUT2D eigenvalue weighted by molar-refractivity contribution is 7.09. The van der Waals surface area contributed by atoms with Crippen LogP contribution >= 0.6 is 11.3 Å². The van der Waals surface area contributed by atoms with Crippen molar-refractivity contribution >= 4 is 17.2 Å². The lowest BCUT2D eigenvalue weighted by molar-refractivity contribution is -0.130. The molecule has 4 nitrogen and oxygen atoms in total. The zero-order valence-corrected chi connectivity index (χ0v) is 10.9. The van der Waals surface area contributed by atoms with E-state index in [1.807, 2.05) is 26.2 Å². The van der Waals surface area contributed by atoms with Crippen LogP contribution in [0.2, 0.25) is 0 Å². The van der Waals surface area contributed by atoms with Gasteiger partial charge in [0.25, 0.3) is 0 Å². The average Bonchev–Trinajstić information content (AvgIpc) is 2.65. The van der Waals surface area contributed by atoms with Gasteiger partial charge < -0.3 is 10.4 Å². The standard InChI is InChI=1S/C11H18N2O2S/c1-5-11(4,13-9(15)8(3)14)10-12-7(2)6-16-10/h6,8,14H,5H2,1-4H3,(H,13,15). The van der Waals surface area contributed by atoms with Gasteiger partial charge in [0.2, 0.25) is 5.91 Å². The van der Waals surface area contributed by atoms with Gasteiger partial charge in [-0.25, -0.2) is 4.98 Å². The van der Waals surface area contributed by atoms with Gasteiger partial charge in [-0.3, -0.25) is 4.79 Å². The van der Waals surface area contributed by atoms with Gasteiger partial charge >= 0.3 is 0 Å². The van der Waals surface area contributed by atoms with Crippen molar-refractivity contribution in [3.63, 3.8) is 0 Å². The Morgan fingerprint density at radius 3 is 2.75 bits per heavy atom. The summed E-state index contributed by atoms with van der Waals surface area (Å²) < 4.78 is 0. The molecule has 90 valence electrons. The summed E-state index contributed by atoms with van der Waals surface area (Å²) in [6.07, 6.45) is -0.259. The summed E-state index contributed by atoms with van der Waals surface area (Å²) in [4.78, 5) is 15.9. The number of rotatable bonds is 4. The maximum atomic E-state index is 11.5. The third-order valence-electron chi connectivity index (χ3n) is 2.58. The third kappa shape index (κ3) is 2.80. The van der Waals surface area contributed by atoms with Crippen molar-refractivity contribution in [1.29, 1.82) is 0 Å². The topological polar surface area (TPSA) is 62.2 Å². The predicted octanol–water partition coefficient (Wildman–Crippen LogP) is 1.57. The number of nitrogens with one attached hydrogen (secondary N) is 1. The molecule has 0 saturated heterocycles. The fraction of sp³-hybridized carbons (Fsp3) is 0.636. The number of aliphatic hydroxyl groups excluding tert-OH is 1. The molecule has 0 spiro atoms. The highest BCUT2D eigenvalue weighted by Crippen LogP contribution is 2.27. The normalized spacial score (nSPS) is 16.6. The summed E-state index contributed by atoms with van der Waals surface area (Å²) in [5.41, 5.74) is 0.457. The molecule has 0 aliphatic carbocycles. The molecule has 0 aromatic carbocycles. The Balaban J connectivity index is 2.90. The third-order valence-corrected chi connectivity index (χ3v) is 3.80. The number of hydrogen-bond acceptors (Lipinski definition) is 4. The number of carbonyl (C=O) groups excluding carboxylic acids is 1. The molecule has 0 aliphatic heterocycles. The monoisotopic (exact) mass is 242 g/mol. The molecule has 1 rings (SSSR count). The summed E-state index contributed by atoms with van der Waals surface area (Å²) >= 11 is 1.53. The molecular weight excluding hydrogens is 224 g/mol. The maximum absolute atomic E-state index is 11.5. The van der Waals surface area contributed by atoms with Crippen LogP contribution in [-0.2, 0) is 10.3 Å². The number of aliphatic hydroxyl groups is 1. The average molecular weight is 242 g/mol. The lowest BCUT2D eigenvalue weighted by atomic mass is 9.99. The number of thiazole rings is 1. The van der Waals surface area contributed by atoms with Crippen molar-refractivity contribution in [2.45, 2.75) is 45.8 Å². The maximum Gasteiger partial charge on any atom is 0.249 e. The second-order valence-electron chi connectivity index (χ2n) is 4.14. The SMILES string of the molecule is CCC(C)(NC(=O)C(C)O)c1nc(C)cs1. The van der Waals surface area contributed by atoms with E-state index in [2.05, 4.69) is 10.3 Å². The summed E-state index contributed by atoms with van der Waals surface area (Å²) in [6.45, 7) is 7.29. The minimum absolute atomic E-state index is 0.364. The van der Waals surface area contributed by atoms with Gasteiger partial charge in [0.05, 0.1) is 5.54 Å². The van der Waals surface area contributed by atoms with Crippen LogP contribution in [0.15, 0.2) is 5.38 Å². The fourth-order valence-electron chi connectivity index (χ4n) is 1.28. The van der Waals surface area contributed by atoms with E-state index in [1.54, 1.807) is 0 Å². The first-order chi connectivity index (χ1) is 7.39. The van der Waals surface area contributed by atoms with Crippen LogP contribution in [-0.4, -0.2) is 22.1 Å². The van der Waals surface area contributed by atoms with Gasteiger partial charge in [-0.15, -0.1) is 11.3 Å². The molecular formula is C11H18N2O2S. The van der Waals surface area contributed by atoms with E-state index >= 15 is 0 Å². The molecule has 0 radical (unpaired) electrons. The number of hydrogen-bond donors (Lipinski definition) is 2. The van der Waals surface area contributed by atoms with Crippen molar-refractivity contribution < 1.29 is 9.90 Å². The van der Waals surface area contributed by atoms with Gasteiger partial charge in [-0.1, -0.05) is 6.92 Å². The molecule has 1 amide bonds. The lowest BCUT2D eigenvalue weighted by Gasteiger charge is -2.28. The van der Waals surface area contributed by atoms with E-state index in [0.717, 1.165) is 17.1 Å². The van der Waals surface area contributed by atoms with E-state index in [-0.39, 0.29) is 5.91 Å². The molecule has 16 heavy (non-hydrogen) atoms. The van der Waals surface area contributed by atoms with Crippen molar-refractivity contribution in [3.8, 4) is 0 Å². The molecule has 2 unspecified atom stereocenters. The fourth-order valence-corrected chi connectivity index (χ4v) is 2.26. The van der Waals surface area contributed by atoms with Crippen molar-refractivity contribution in [1.82, 2.24) is 10.3 Å². The molecule has 0 bridgehead atoms. The largest absolute Gasteiger partial charge is 0.384 e. The van der Waals surface area contributed by atoms with E-state index in [0.29, 0.717) is 0 Å². The Kier molecular flexibility index (Phi) is 4.04. The molecule has 1 aromatic rings. The Morgan fingerprint density at radius 2 is 2.38 bits per heavy atom. The Labute approximate surface area is 99.7 Å². The van der Waals surface area contributed by atoms with E-state index in [1.165, 1.54) is 18.3 Å². The molecule has 1 heterocycles. The molecule has 2 N–H and O–H groups in total. The van der Waals surface area contributed by atoms with Crippen molar-refractivity contribution in [3.05, 3.63) is 16.1 Å². The van der Waals surface area contributed by atoms with E-state index < -0.39 is 11.6 Å². The van der Waals surface area contributed by atoms with Crippen LogP contribution in [0.25, 0.3) is 0 Å². The van der Waals surface area contributed by atoms with Crippen LogP contribution < -0.4 is 5.32 Å². The Morgan fingerprint density at radius 1 is 1.75 bits per heavy atom. The van der Waals surface area contributed by atoms with Crippen LogP contribution in [0.4, 0.5) is 0 Å². The highest BCUT2D eigenvalue weighted by atomic mass is 32.1. The number of amides is 1. The van der Waals surface area contributed by atoms with Gasteiger partial charge in [0.1, 0.15) is 11.1 Å². The Bertz CT molecular complexity index is 376. The van der Waals surface area contributed by atoms with Crippen molar-refractivity contribution in [2.24, 2.45) is 0 Å². The molecule has 2 atom stereocenters. The van der Waals surface area contributed by atoms with Gasteiger partial charge in [0.15, 0.2) is 0 Å². The quantitative estimate of drug-likeness (QED) is 0.842. The van der Waals surface area contributed by atoms with Crippen LogP contribution in [0, 0.1) is 6.92 Å². The first-order valence-electron chi connectivity index (χ1n) is 5.31. The minimum atomic E-state index is -0.994. The smallest absolute Gasteiger partial charge is 0.249 e. The molecule has 0 saturated carbocycles. The lowest BCUT2D eigenvalue weighted by Crippen LogP contribution is -2.46. The Hall–Kier alpha value is -0.940. The first-order valence-corrected chi connectivity index (χ1v) is 6.19. The minimum Gasteiger partial charge on any atom is -0.384 e. The zero-order valence-electron chi connectivity index (χ0n) is 10.1. The molecule has 5 heteroatoms. The summed E-state index contributed by atoms with van der Waals surface area (Å²) in [5, 5.41) is 14.9. The van der Waals surface area contributed by atoms with Crippen LogP contribution in [0.1, 0.15) is 37.9 Å². The number of aryl methyl sites for hydroxylation is 1. The number of nitrogens with zero attached hydrogens (tertiary/aromatic N) is 1. The summed E-state index contributed by atoms with van der Waals surface area (Å²) in [6, 6.07) is 0. The zero-order chi connectivity index (χ0) is 12.3. The second-order valence-corrected chi connectivity index (χ2v) is 5.00. The second kappa shape index (κ2) is 4.93.